The van der Waals surface area contributed by atoms with Gasteiger partial charge in [-0.25, -0.2) is 4.90 Å². The van der Waals surface area contributed by atoms with Gasteiger partial charge >= 0.3 is 0 Å². The summed E-state index contributed by atoms with van der Waals surface area (Å²) in [7, 11) is 0. The molecule has 6 rings (SSSR count). The molecule has 3 aromatic rings. The van der Waals surface area contributed by atoms with E-state index in [-0.39, 0.29) is 23.8 Å². The summed E-state index contributed by atoms with van der Waals surface area (Å²) in [6, 6.07) is 26.1. The molecule has 2 fully saturated rings. The fourth-order valence-electron chi connectivity index (χ4n) is 5.98. The zero-order valence-corrected chi connectivity index (χ0v) is 19.3. The Kier molecular flexibility index (Phi) is 4.93. The number of carbonyl (C=O) groups excluding carboxylic acids is 3. The Labute approximate surface area is 203 Å². The van der Waals surface area contributed by atoms with Crippen LogP contribution in [0.15, 0.2) is 91.0 Å². The number of para-hydroxylation sites is 2. The molecule has 6 heteroatoms. The smallest absolute Gasteiger partial charge is 0.253 e. The third kappa shape index (κ3) is 3.03. The first-order chi connectivity index (χ1) is 17.0. The van der Waals surface area contributed by atoms with Crippen LogP contribution in [-0.4, -0.2) is 30.3 Å². The second-order valence-electron chi connectivity index (χ2n) is 9.34. The Bertz CT molecular complexity index is 1350. The number of nitrogens with zero attached hydrogens (tertiary/aromatic N) is 2. The highest BCUT2D eigenvalue weighted by Crippen LogP contribution is 2.54. The largest absolute Gasteiger partial charge is 0.306 e. The number of imide groups is 1. The molecule has 4 atom stereocenters. The van der Waals surface area contributed by atoms with Gasteiger partial charge in [-0.1, -0.05) is 78.9 Å². The van der Waals surface area contributed by atoms with Gasteiger partial charge in [0, 0.05) is 23.8 Å². The molecule has 0 aromatic heterocycles. The van der Waals surface area contributed by atoms with Crippen LogP contribution in [0.3, 0.4) is 0 Å². The Morgan fingerprint density at radius 1 is 0.857 bits per heavy atom. The van der Waals surface area contributed by atoms with Gasteiger partial charge in [-0.3, -0.25) is 19.7 Å². The SMILES string of the molecule is C[C@@H]1N[C@]2(C(=O)N(C/C=C\c3ccccc3)c3ccccc32)[C@H]2C(=O)N(c3ccccc3)C(=O)[C@H]12. The van der Waals surface area contributed by atoms with Gasteiger partial charge in [-0.15, -0.1) is 0 Å². The lowest BCUT2D eigenvalue weighted by Gasteiger charge is -2.30. The van der Waals surface area contributed by atoms with Crippen molar-refractivity contribution in [3.63, 3.8) is 0 Å². The third-order valence-corrected chi connectivity index (χ3v) is 7.43. The van der Waals surface area contributed by atoms with Gasteiger partial charge in [0.15, 0.2) is 0 Å². The van der Waals surface area contributed by atoms with E-state index in [1.807, 2.05) is 79.7 Å². The highest BCUT2D eigenvalue weighted by molar-refractivity contribution is 6.26. The first kappa shape index (κ1) is 21.5. The summed E-state index contributed by atoms with van der Waals surface area (Å²) in [5, 5.41) is 3.42. The van der Waals surface area contributed by atoms with Crippen LogP contribution in [0.4, 0.5) is 11.4 Å². The van der Waals surface area contributed by atoms with E-state index in [4.69, 9.17) is 0 Å². The van der Waals surface area contributed by atoms with E-state index in [0.717, 1.165) is 16.8 Å². The topological polar surface area (TPSA) is 69.7 Å². The Morgan fingerprint density at radius 2 is 1.51 bits per heavy atom. The van der Waals surface area contributed by atoms with Crippen molar-refractivity contribution in [3.8, 4) is 0 Å². The molecule has 3 aromatic carbocycles. The summed E-state index contributed by atoms with van der Waals surface area (Å²) in [6.07, 6.45) is 3.94. The van der Waals surface area contributed by atoms with E-state index in [9.17, 15) is 14.4 Å². The van der Waals surface area contributed by atoms with Crippen LogP contribution in [0.1, 0.15) is 18.1 Å². The van der Waals surface area contributed by atoms with E-state index < -0.39 is 17.4 Å². The first-order valence-electron chi connectivity index (χ1n) is 11.9. The second kappa shape index (κ2) is 8.03. The summed E-state index contributed by atoms with van der Waals surface area (Å²) >= 11 is 0. The molecule has 1 spiro atoms. The molecule has 0 radical (unpaired) electrons. The lowest BCUT2D eigenvalue weighted by Crippen LogP contribution is -2.55. The number of hydrogen-bond donors (Lipinski definition) is 1. The minimum Gasteiger partial charge on any atom is -0.306 e. The average molecular weight is 464 g/mol. The summed E-state index contributed by atoms with van der Waals surface area (Å²) in [5.74, 6) is -2.18. The number of amides is 3. The van der Waals surface area contributed by atoms with Crippen molar-refractivity contribution in [3.05, 3.63) is 102 Å². The Hall–Kier alpha value is -4.03. The van der Waals surface area contributed by atoms with Gasteiger partial charge in [0.25, 0.3) is 5.91 Å². The van der Waals surface area contributed by atoms with Crippen LogP contribution >= 0.6 is 0 Å². The summed E-state index contributed by atoms with van der Waals surface area (Å²) in [6.45, 7) is 2.25. The van der Waals surface area contributed by atoms with Crippen LogP contribution in [0.25, 0.3) is 6.08 Å². The van der Waals surface area contributed by atoms with E-state index >= 15 is 0 Å². The molecule has 0 aliphatic carbocycles. The van der Waals surface area contributed by atoms with Crippen molar-refractivity contribution in [1.29, 1.82) is 0 Å². The van der Waals surface area contributed by atoms with Crippen molar-refractivity contribution in [2.75, 3.05) is 16.3 Å². The van der Waals surface area contributed by atoms with Gasteiger partial charge in [0.1, 0.15) is 5.54 Å². The molecular weight excluding hydrogens is 438 g/mol. The monoisotopic (exact) mass is 463 g/mol. The lowest BCUT2D eigenvalue weighted by molar-refractivity contribution is -0.132. The maximum absolute atomic E-state index is 14.2. The molecule has 35 heavy (non-hydrogen) atoms. The Morgan fingerprint density at radius 3 is 2.26 bits per heavy atom. The standard InChI is InChI=1S/C29H25N3O3/c1-19-24-25(27(34)32(26(24)33)21-14-6-3-7-15-21)29(30-19)22-16-8-9-17-23(22)31(28(29)35)18-10-13-20-11-4-2-5-12-20/h2-17,19,24-25,30H,18H2,1H3/b13-10-/t19-,24+,25+,29-/m0/s1. The van der Waals surface area contributed by atoms with Crippen LogP contribution < -0.4 is 15.1 Å². The molecule has 6 nitrogen and oxygen atoms in total. The summed E-state index contributed by atoms with van der Waals surface area (Å²) in [4.78, 5) is 44.5. The van der Waals surface area contributed by atoms with Crippen molar-refractivity contribution in [2.45, 2.75) is 18.5 Å². The number of carbonyl (C=O) groups is 3. The quantitative estimate of drug-likeness (QED) is 0.599. The van der Waals surface area contributed by atoms with Gasteiger partial charge in [0.2, 0.25) is 11.8 Å². The minimum absolute atomic E-state index is 0.188. The number of benzene rings is 3. The molecule has 3 aliphatic rings. The van der Waals surface area contributed by atoms with Gasteiger partial charge in [-0.2, -0.15) is 0 Å². The molecule has 0 saturated carbocycles. The zero-order valence-electron chi connectivity index (χ0n) is 19.3. The lowest BCUT2D eigenvalue weighted by atomic mass is 9.76. The third-order valence-electron chi connectivity index (χ3n) is 7.43. The molecule has 0 bridgehead atoms. The fourth-order valence-corrected chi connectivity index (χ4v) is 5.98. The minimum atomic E-state index is -1.27. The highest BCUT2D eigenvalue weighted by atomic mass is 16.2. The zero-order chi connectivity index (χ0) is 24.2. The molecular formula is C29H25N3O3. The number of hydrogen-bond acceptors (Lipinski definition) is 4. The number of anilines is 2. The van der Waals surface area contributed by atoms with Crippen LogP contribution in [0.5, 0.6) is 0 Å². The van der Waals surface area contributed by atoms with E-state index in [0.29, 0.717) is 12.2 Å². The van der Waals surface area contributed by atoms with Crippen molar-refractivity contribution in [2.24, 2.45) is 11.8 Å². The van der Waals surface area contributed by atoms with E-state index in [1.165, 1.54) is 4.90 Å². The molecule has 1 N–H and O–H groups in total. The fraction of sp³-hybridized carbons (Fsp3) is 0.207. The predicted molar refractivity (Wildman–Crippen MR) is 134 cm³/mol. The Balaban J connectivity index is 1.40. The van der Waals surface area contributed by atoms with Crippen LogP contribution in [-0.2, 0) is 19.9 Å². The van der Waals surface area contributed by atoms with Crippen molar-refractivity contribution >= 4 is 35.2 Å². The highest BCUT2D eigenvalue weighted by Gasteiger charge is 2.70. The normalized spacial score (nSPS) is 27.3. The summed E-state index contributed by atoms with van der Waals surface area (Å²) in [5.41, 5.74) is 1.85. The van der Waals surface area contributed by atoms with Crippen LogP contribution in [0.2, 0.25) is 0 Å². The maximum Gasteiger partial charge on any atom is 0.253 e. The van der Waals surface area contributed by atoms with Gasteiger partial charge in [0.05, 0.1) is 17.5 Å². The molecule has 0 unspecified atom stereocenters. The van der Waals surface area contributed by atoms with E-state index in [2.05, 4.69) is 5.32 Å². The summed E-state index contributed by atoms with van der Waals surface area (Å²) < 4.78 is 0. The average Bonchev–Trinajstić information content (AvgIpc) is 3.43. The molecule has 2 saturated heterocycles. The molecule has 3 amide bonds. The maximum atomic E-state index is 14.2. The molecule has 3 aliphatic heterocycles. The van der Waals surface area contributed by atoms with Crippen molar-refractivity contribution in [1.82, 2.24) is 5.32 Å². The first-order valence-corrected chi connectivity index (χ1v) is 11.9. The van der Waals surface area contributed by atoms with Gasteiger partial charge in [-0.05, 0) is 30.7 Å². The van der Waals surface area contributed by atoms with Crippen molar-refractivity contribution < 1.29 is 14.4 Å². The van der Waals surface area contributed by atoms with Crippen LogP contribution in [0, 0.1) is 11.8 Å². The number of fused-ring (bicyclic) bond motifs is 4. The number of nitrogens with one attached hydrogen (secondary N) is 1. The second-order valence-corrected chi connectivity index (χ2v) is 9.34. The molecule has 174 valence electrons. The number of rotatable bonds is 4. The van der Waals surface area contributed by atoms with Gasteiger partial charge < -0.3 is 4.90 Å². The van der Waals surface area contributed by atoms with E-state index in [1.54, 1.807) is 29.2 Å². The predicted octanol–water partition coefficient (Wildman–Crippen LogP) is 3.74. The molecule has 3 heterocycles.